The van der Waals surface area contributed by atoms with Crippen molar-refractivity contribution in [1.29, 1.82) is 0 Å². The molecular weight excluding hydrogens is 300 g/mol. The number of hydrogen-bond donors (Lipinski definition) is 2. The van der Waals surface area contributed by atoms with E-state index in [4.69, 9.17) is 5.11 Å². The van der Waals surface area contributed by atoms with E-state index in [1.807, 2.05) is 12.1 Å². The molecule has 0 aliphatic carbocycles. The number of piperidine rings is 1. The minimum atomic E-state index is -0.899. The van der Waals surface area contributed by atoms with Gasteiger partial charge in [-0.05, 0) is 25.0 Å². The first kappa shape index (κ1) is 13.3. The van der Waals surface area contributed by atoms with Gasteiger partial charge in [-0.15, -0.1) is 0 Å². The third-order valence-electron chi connectivity index (χ3n) is 3.56. The summed E-state index contributed by atoms with van der Waals surface area (Å²) in [5.41, 5.74) is 0.403. The molecule has 1 aromatic rings. The minimum absolute atomic E-state index is 0.0100. The third kappa shape index (κ3) is 2.49. The molecule has 98 valence electrons. The van der Waals surface area contributed by atoms with Crippen LogP contribution >= 0.6 is 15.9 Å². The van der Waals surface area contributed by atoms with E-state index in [1.165, 1.54) is 4.90 Å². The van der Waals surface area contributed by atoms with E-state index in [9.17, 15) is 9.90 Å². The van der Waals surface area contributed by atoms with Crippen LogP contribution in [0.3, 0.4) is 0 Å². The maximum absolute atomic E-state index is 10.9. The lowest BCUT2D eigenvalue weighted by molar-refractivity contribution is 0.0875. The van der Waals surface area contributed by atoms with E-state index in [-0.39, 0.29) is 6.61 Å². The fourth-order valence-corrected chi connectivity index (χ4v) is 2.65. The molecule has 1 aliphatic rings. The SMILES string of the molecule is O=C(O)N1CCC(CO)(c2cc(Br)ccn2)CC1. The molecule has 0 unspecified atom stereocenters. The molecule has 2 heterocycles. The maximum atomic E-state index is 10.9. The summed E-state index contributed by atoms with van der Waals surface area (Å²) in [6.07, 6.45) is 1.99. The predicted octanol–water partition coefficient (Wildman–Crippen LogP) is 1.85. The molecule has 1 amide bonds. The van der Waals surface area contributed by atoms with Gasteiger partial charge in [-0.3, -0.25) is 4.98 Å². The number of aliphatic hydroxyl groups is 1. The molecule has 2 N–H and O–H groups in total. The quantitative estimate of drug-likeness (QED) is 0.873. The van der Waals surface area contributed by atoms with Gasteiger partial charge in [0.2, 0.25) is 0 Å². The molecule has 0 aromatic carbocycles. The average Bonchev–Trinajstić information content (AvgIpc) is 2.38. The Kier molecular flexibility index (Phi) is 3.87. The number of hydrogen-bond acceptors (Lipinski definition) is 3. The standard InChI is InChI=1S/C12H15BrN2O3/c13-9-1-4-14-10(7-9)12(8-16)2-5-15(6-3-12)11(17)18/h1,4,7,16H,2-3,5-6,8H2,(H,17,18). The summed E-state index contributed by atoms with van der Waals surface area (Å²) in [6, 6.07) is 3.73. The Morgan fingerprint density at radius 2 is 2.17 bits per heavy atom. The van der Waals surface area contributed by atoms with E-state index in [0.29, 0.717) is 25.9 Å². The Morgan fingerprint density at radius 1 is 1.50 bits per heavy atom. The van der Waals surface area contributed by atoms with Crippen molar-refractivity contribution in [1.82, 2.24) is 9.88 Å². The van der Waals surface area contributed by atoms with Crippen LogP contribution in [0.4, 0.5) is 4.79 Å². The maximum Gasteiger partial charge on any atom is 0.407 e. The smallest absolute Gasteiger partial charge is 0.407 e. The third-order valence-corrected chi connectivity index (χ3v) is 4.05. The molecular formula is C12H15BrN2O3. The Labute approximate surface area is 114 Å². The number of likely N-dealkylation sites (tertiary alicyclic amines) is 1. The largest absolute Gasteiger partial charge is 0.465 e. The van der Waals surface area contributed by atoms with Crippen molar-refractivity contribution in [3.63, 3.8) is 0 Å². The van der Waals surface area contributed by atoms with Crippen molar-refractivity contribution in [2.75, 3.05) is 19.7 Å². The van der Waals surface area contributed by atoms with Crippen LogP contribution in [0.15, 0.2) is 22.8 Å². The molecule has 0 radical (unpaired) electrons. The second-order valence-corrected chi connectivity index (χ2v) is 5.48. The number of pyridine rings is 1. The summed E-state index contributed by atoms with van der Waals surface area (Å²) in [5, 5.41) is 18.6. The molecule has 0 spiro atoms. The highest BCUT2D eigenvalue weighted by molar-refractivity contribution is 9.10. The van der Waals surface area contributed by atoms with Crippen LogP contribution in [-0.2, 0) is 5.41 Å². The van der Waals surface area contributed by atoms with Crippen LogP contribution in [0.1, 0.15) is 18.5 Å². The lowest BCUT2D eigenvalue weighted by Crippen LogP contribution is -2.46. The van der Waals surface area contributed by atoms with Gasteiger partial charge in [0.15, 0.2) is 0 Å². The molecule has 6 heteroatoms. The molecule has 1 saturated heterocycles. The van der Waals surface area contributed by atoms with Gasteiger partial charge in [0, 0.05) is 29.2 Å². The topological polar surface area (TPSA) is 73.7 Å². The van der Waals surface area contributed by atoms with Crippen LogP contribution in [0.2, 0.25) is 0 Å². The second kappa shape index (κ2) is 5.24. The summed E-state index contributed by atoms with van der Waals surface area (Å²) in [7, 11) is 0. The number of halogens is 1. The predicted molar refractivity (Wildman–Crippen MR) is 69.5 cm³/mol. The number of amides is 1. The summed E-state index contributed by atoms with van der Waals surface area (Å²) >= 11 is 3.39. The van der Waals surface area contributed by atoms with Crippen LogP contribution in [-0.4, -0.2) is 45.9 Å². The number of aliphatic hydroxyl groups excluding tert-OH is 1. The van der Waals surface area contributed by atoms with Gasteiger partial charge >= 0.3 is 6.09 Å². The molecule has 18 heavy (non-hydrogen) atoms. The van der Waals surface area contributed by atoms with Gasteiger partial charge < -0.3 is 15.1 Å². The molecule has 0 saturated carbocycles. The van der Waals surface area contributed by atoms with Crippen molar-refractivity contribution in [3.8, 4) is 0 Å². The molecule has 1 aromatic heterocycles. The molecule has 0 atom stereocenters. The zero-order valence-corrected chi connectivity index (χ0v) is 11.4. The summed E-state index contributed by atoms with van der Waals surface area (Å²) < 4.78 is 0.918. The van der Waals surface area contributed by atoms with Gasteiger partial charge in [-0.25, -0.2) is 4.79 Å². The van der Waals surface area contributed by atoms with Crippen molar-refractivity contribution >= 4 is 22.0 Å². The van der Waals surface area contributed by atoms with E-state index in [0.717, 1.165) is 10.2 Å². The Balaban J connectivity index is 2.21. The summed E-state index contributed by atoms with van der Waals surface area (Å²) in [4.78, 5) is 16.6. The fourth-order valence-electron chi connectivity index (χ4n) is 2.32. The van der Waals surface area contributed by atoms with Crippen LogP contribution in [0.25, 0.3) is 0 Å². The van der Waals surface area contributed by atoms with E-state index in [1.54, 1.807) is 6.20 Å². The van der Waals surface area contributed by atoms with Crippen molar-refractivity contribution < 1.29 is 15.0 Å². The first-order valence-corrected chi connectivity index (χ1v) is 6.57. The molecule has 1 aliphatic heterocycles. The number of aromatic nitrogens is 1. The van der Waals surface area contributed by atoms with Gasteiger partial charge in [0.25, 0.3) is 0 Å². The zero-order chi connectivity index (χ0) is 13.2. The molecule has 5 nitrogen and oxygen atoms in total. The average molecular weight is 315 g/mol. The Bertz CT molecular complexity index is 445. The summed E-state index contributed by atoms with van der Waals surface area (Å²) in [6.45, 7) is 0.859. The Hall–Kier alpha value is -1.14. The van der Waals surface area contributed by atoms with Gasteiger partial charge in [-0.1, -0.05) is 15.9 Å². The lowest BCUT2D eigenvalue weighted by atomic mass is 9.76. The Morgan fingerprint density at radius 3 is 2.67 bits per heavy atom. The van der Waals surface area contributed by atoms with Crippen LogP contribution in [0, 0.1) is 0 Å². The number of rotatable bonds is 2. The number of carboxylic acid groups (broad SMARTS) is 1. The first-order valence-electron chi connectivity index (χ1n) is 5.78. The molecule has 1 fully saturated rings. The highest BCUT2D eigenvalue weighted by atomic mass is 79.9. The van der Waals surface area contributed by atoms with Crippen molar-refractivity contribution in [3.05, 3.63) is 28.5 Å². The van der Waals surface area contributed by atoms with Crippen LogP contribution in [0.5, 0.6) is 0 Å². The zero-order valence-electron chi connectivity index (χ0n) is 9.84. The molecule has 0 bridgehead atoms. The fraction of sp³-hybridized carbons (Fsp3) is 0.500. The summed E-state index contributed by atoms with van der Waals surface area (Å²) in [5.74, 6) is 0. The van der Waals surface area contributed by atoms with Gasteiger partial charge in [0.05, 0.1) is 12.3 Å². The number of nitrogens with zero attached hydrogens (tertiary/aromatic N) is 2. The normalized spacial score (nSPS) is 18.7. The number of carbonyl (C=O) groups is 1. The van der Waals surface area contributed by atoms with Gasteiger partial charge in [0.1, 0.15) is 0 Å². The van der Waals surface area contributed by atoms with E-state index in [2.05, 4.69) is 20.9 Å². The monoisotopic (exact) mass is 314 g/mol. The minimum Gasteiger partial charge on any atom is -0.465 e. The highest BCUT2D eigenvalue weighted by Gasteiger charge is 2.38. The first-order chi connectivity index (χ1) is 8.57. The molecule has 2 rings (SSSR count). The van der Waals surface area contributed by atoms with Crippen LogP contribution < -0.4 is 0 Å². The van der Waals surface area contributed by atoms with E-state index < -0.39 is 11.5 Å². The highest BCUT2D eigenvalue weighted by Crippen LogP contribution is 2.34. The van der Waals surface area contributed by atoms with Crippen molar-refractivity contribution in [2.45, 2.75) is 18.3 Å². The second-order valence-electron chi connectivity index (χ2n) is 4.57. The lowest BCUT2D eigenvalue weighted by Gasteiger charge is -2.39. The van der Waals surface area contributed by atoms with Crippen molar-refractivity contribution in [2.24, 2.45) is 0 Å². The van der Waals surface area contributed by atoms with E-state index >= 15 is 0 Å². The van der Waals surface area contributed by atoms with Gasteiger partial charge in [-0.2, -0.15) is 0 Å².